The molecule has 0 aromatic carbocycles. The Labute approximate surface area is 81.2 Å². The molecule has 0 spiro atoms. The molecule has 1 aliphatic rings. The van der Waals surface area contributed by atoms with Gasteiger partial charge in [0, 0.05) is 19.7 Å². The molecule has 0 unspecified atom stereocenters. The summed E-state index contributed by atoms with van der Waals surface area (Å²) >= 11 is 0. The van der Waals surface area contributed by atoms with Crippen molar-refractivity contribution in [3.63, 3.8) is 0 Å². The molecular formula is C10H22N2O. The van der Waals surface area contributed by atoms with Gasteiger partial charge in [-0.3, -0.25) is 0 Å². The van der Waals surface area contributed by atoms with Crippen molar-refractivity contribution in [1.82, 2.24) is 4.90 Å². The molecule has 1 saturated heterocycles. The second-order valence-corrected chi connectivity index (χ2v) is 4.58. The van der Waals surface area contributed by atoms with Crippen LogP contribution in [0.5, 0.6) is 0 Å². The summed E-state index contributed by atoms with van der Waals surface area (Å²) in [6, 6.07) is 0.418. The zero-order valence-electron chi connectivity index (χ0n) is 9.05. The molecule has 1 heterocycles. The molecule has 3 nitrogen and oxygen atoms in total. The van der Waals surface area contributed by atoms with Crippen LogP contribution in [0.15, 0.2) is 0 Å². The Morgan fingerprint density at radius 3 is 2.38 bits per heavy atom. The highest BCUT2D eigenvalue weighted by molar-refractivity contribution is 4.79. The number of hydrogen-bond donors (Lipinski definition) is 1. The zero-order chi connectivity index (χ0) is 9.90. The molecule has 78 valence electrons. The zero-order valence-corrected chi connectivity index (χ0v) is 9.05. The fourth-order valence-electron chi connectivity index (χ4n) is 1.71. The van der Waals surface area contributed by atoms with E-state index in [1.165, 1.54) is 0 Å². The molecule has 0 bridgehead atoms. The summed E-state index contributed by atoms with van der Waals surface area (Å²) in [6.45, 7) is 7.50. The molecule has 2 N–H and O–H groups in total. The van der Waals surface area contributed by atoms with Gasteiger partial charge in [-0.1, -0.05) is 0 Å². The van der Waals surface area contributed by atoms with E-state index >= 15 is 0 Å². The molecule has 0 aliphatic carbocycles. The molecular weight excluding hydrogens is 164 g/mol. The molecule has 0 aromatic rings. The van der Waals surface area contributed by atoms with Crippen molar-refractivity contribution >= 4 is 0 Å². The first-order chi connectivity index (χ1) is 6.03. The van der Waals surface area contributed by atoms with E-state index in [-0.39, 0.29) is 5.60 Å². The lowest BCUT2D eigenvalue weighted by molar-refractivity contribution is -0.0123. The molecule has 1 rings (SSSR count). The molecule has 1 aliphatic heterocycles. The maximum absolute atomic E-state index is 5.84. The molecule has 0 saturated carbocycles. The molecule has 0 aromatic heterocycles. The van der Waals surface area contributed by atoms with Crippen molar-refractivity contribution in [2.75, 3.05) is 26.7 Å². The maximum Gasteiger partial charge on any atom is 0.0749 e. The van der Waals surface area contributed by atoms with E-state index < -0.39 is 0 Å². The maximum atomic E-state index is 5.84. The monoisotopic (exact) mass is 186 g/mol. The van der Waals surface area contributed by atoms with Gasteiger partial charge in [0.1, 0.15) is 0 Å². The average molecular weight is 186 g/mol. The van der Waals surface area contributed by atoms with Crippen LogP contribution in [0, 0.1) is 0 Å². The Morgan fingerprint density at radius 1 is 1.38 bits per heavy atom. The summed E-state index contributed by atoms with van der Waals surface area (Å²) in [7, 11) is 1.77. The summed E-state index contributed by atoms with van der Waals surface area (Å²) < 4.78 is 5.39. The summed E-state index contributed by atoms with van der Waals surface area (Å²) in [5.74, 6) is 0. The van der Waals surface area contributed by atoms with E-state index in [4.69, 9.17) is 10.5 Å². The highest BCUT2D eigenvalue weighted by Crippen LogP contribution is 2.14. The fourth-order valence-corrected chi connectivity index (χ4v) is 1.71. The van der Waals surface area contributed by atoms with E-state index in [1.54, 1.807) is 7.11 Å². The fraction of sp³-hybridized carbons (Fsp3) is 1.00. The van der Waals surface area contributed by atoms with E-state index in [0.29, 0.717) is 6.04 Å². The van der Waals surface area contributed by atoms with Crippen LogP contribution in [0.4, 0.5) is 0 Å². The number of nitrogens with zero attached hydrogens (tertiary/aromatic N) is 1. The normalized spacial score (nSPS) is 22.2. The molecule has 0 radical (unpaired) electrons. The quantitative estimate of drug-likeness (QED) is 0.709. The van der Waals surface area contributed by atoms with Gasteiger partial charge < -0.3 is 15.4 Å². The Hall–Kier alpha value is -0.120. The van der Waals surface area contributed by atoms with Gasteiger partial charge in [0.25, 0.3) is 0 Å². The highest BCUT2D eigenvalue weighted by Gasteiger charge is 2.23. The van der Waals surface area contributed by atoms with Crippen LogP contribution in [0.1, 0.15) is 26.7 Å². The van der Waals surface area contributed by atoms with Gasteiger partial charge in [0.2, 0.25) is 0 Å². The first-order valence-electron chi connectivity index (χ1n) is 5.06. The second-order valence-electron chi connectivity index (χ2n) is 4.58. The lowest BCUT2D eigenvalue weighted by Crippen LogP contribution is -2.46. The lowest BCUT2D eigenvalue weighted by atomic mass is 10.0. The second kappa shape index (κ2) is 4.40. The Balaban J connectivity index is 2.30. The van der Waals surface area contributed by atoms with Crippen molar-refractivity contribution in [3.05, 3.63) is 0 Å². The SMILES string of the molecule is COC(C)(C)CN1CCC(N)CC1. The van der Waals surface area contributed by atoms with Gasteiger partial charge in [-0.2, -0.15) is 0 Å². The highest BCUT2D eigenvalue weighted by atomic mass is 16.5. The molecule has 0 atom stereocenters. The largest absolute Gasteiger partial charge is 0.377 e. The number of hydrogen-bond acceptors (Lipinski definition) is 3. The van der Waals surface area contributed by atoms with Gasteiger partial charge in [-0.05, 0) is 39.8 Å². The van der Waals surface area contributed by atoms with Gasteiger partial charge in [0.05, 0.1) is 5.60 Å². The third kappa shape index (κ3) is 3.63. The minimum absolute atomic E-state index is 0.0264. The summed E-state index contributed by atoms with van der Waals surface area (Å²) in [5.41, 5.74) is 5.81. The van der Waals surface area contributed by atoms with Gasteiger partial charge in [-0.15, -0.1) is 0 Å². The minimum atomic E-state index is -0.0264. The molecule has 1 fully saturated rings. The van der Waals surface area contributed by atoms with E-state index in [0.717, 1.165) is 32.5 Å². The molecule has 13 heavy (non-hydrogen) atoms. The lowest BCUT2D eigenvalue weighted by Gasteiger charge is -2.35. The van der Waals surface area contributed by atoms with Gasteiger partial charge in [0.15, 0.2) is 0 Å². The van der Waals surface area contributed by atoms with Crippen molar-refractivity contribution in [1.29, 1.82) is 0 Å². The van der Waals surface area contributed by atoms with Gasteiger partial charge in [-0.25, -0.2) is 0 Å². The standard InChI is InChI=1S/C10H22N2O/c1-10(2,13-3)8-12-6-4-9(11)5-7-12/h9H,4-8,11H2,1-3H3. The third-order valence-electron chi connectivity index (χ3n) is 2.79. The van der Waals surface area contributed by atoms with Crippen LogP contribution in [-0.2, 0) is 4.74 Å². The van der Waals surface area contributed by atoms with Crippen LogP contribution < -0.4 is 5.73 Å². The Kier molecular flexibility index (Phi) is 3.71. The van der Waals surface area contributed by atoms with Crippen molar-refractivity contribution in [2.24, 2.45) is 5.73 Å². The predicted molar refractivity (Wildman–Crippen MR) is 54.7 cm³/mol. The van der Waals surface area contributed by atoms with Crippen molar-refractivity contribution in [2.45, 2.75) is 38.3 Å². The topological polar surface area (TPSA) is 38.5 Å². The van der Waals surface area contributed by atoms with E-state index in [9.17, 15) is 0 Å². The van der Waals surface area contributed by atoms with Crippen LogP contribution in [0.25, 0.3) is 0 Å². The van der Waals surface area contributed by atoms with E-state index in [1.807, 2.05) is 0 Å². The summed E-state index contributed by atoms with van der Waals surface area (Å²) in [6.07, 6.45) is 2.25. The van der Waals surface area contributed by atoms with Gasteiger partial charge >= 0.3 is 0 Å². The van der Waals surface area contributed by atoms with Crippen LogP contribution in [0.2, 0.25) is 0 Å². The number of methoxy groups -OCH3 is 1. The minimum Gasteiger partial charge on any atom is -0.377 e. The first-order valence-corrected chi connectivity index (χ1v) is 5.06. The number of ether oxygens (including phenoxy) is 1. The number of likely N-dealkylation sites (tertiary alicyclic amines) is 1. The van der Waals surface area contributed by atoms with Crippen LogP contribution in [0.3, 0.4) is 0 Å². The van der Waals surface area contributed by atoms with Crippen molar-refractivity contribution in [3.8, 4) is 0 Å². The van der Waals surface area contributed by atoms with E-state index in [2.05, 4.69) is 18.7 Å². The Morgan fingerprint density at radius 2 is 1.92 bits per heavy atom. The average Bonchev–Trinajstić information content (AvgIpc) is 2.09. The summed E-state index contributed by atoms with van der Waals surface area (Å²) in [4.78, 5) is 2.44. The number of rotatable bonds is 3. The van der Waals surface area contributed by atoms with Crippen molar-refractivity contribution < 1.29 is 4.74 Å². The first kappa shape index (κ1) is 11.0. The third-order valence-corrected chi connectivity index (χ3v) is 2.79. The van der Waals surface area contributed by atoms with Crippen LogP contribution >= 0.6 is 0 Å². The Bertz CT molecular complexity index is 151. The number of nitrogens with two attached hydrogens (primary N) is 1. The number of piperidine rings is 1. The molecule has 0 amide bonds. The smallest absolute Gasteiger partial charge is 0.0749 e. The predicted octanol–water partition coefficient (Wildman–Crippen LogP) is 0.834. The van der Waals surface area contributed by atoms with Crippen LogP contribution in [-0.4, -0.2) is 43.3 Å². The molecule has 3 heteroatoms. The summed E-state index contributed by atoms with van der Waals surface area (Å²) in [5, 5.41) is 0.